The van der Waals surface area contributed by atoms with E-state index in [9.17, 15) is 4.79 Å². The number of hydrogen-bond acceptors (Lipinski definition) is 4. The van der Waals surface area contributed by atoms with Crippen molar-refractivity contribution in [2.45, 2.75) is 45.4 Å². The number of benzene rings is 1. The van der Waals surface area contributed by atoms with E-state index < -0.39 is 0 Å². The van der Waals surface area contributed by atoms with E-state index in [4.69, 9.17) is 9.47 Å². The smallest absolute Gasteiger partial charge is 0.309 e. The van der Waals surface area contributed by atoms with Gasteiger partial charge in [0.05, 0.1) is 19.6 Å². The van der Waals surface area contributed by atoms with Crippen molar-refractivity contribution in [3.8, 4) is 0 Å². The first-order valence-corrected chi connectivity index (χ1v) is 7.38. The fourth-order valence-electron chi connectivity index (χ4n) is 3.00. The third-order valence-electron chi connectivity index (χ3n) is 4.68. The van der Waals surface area contributed by atoms with Crippen LogP contribution in [0.3, 0.4) is 0 Å². The summed E-state index contributed by atoms with van der Waals surface area (Å²) in [6, 6.07) is 8.44. The van der Waals surface area contributed by atoms with Crippen LogP contribution < -0.4 is 5.32 Å². The van der Waals surface area contributed by atoms with Gasteiger partial charge in [0.1, 0.15) is 0 Å². The van der Waals surface area contributed by atoms with Crippen LogP contribution in [0.15, 0.2) is 24.3 Å². The minimum Gasteiger partial charge on any atom is -0.469 e. The average molecular weight is 291 g/mol. The lowest BCUT2D eigenvalue weighted by Crippen LogP contribution is -2.60. The molecule has 2 rings (SSSR count). The molecule has 1 aliphatic rings. The molecule has 4 heteroatoms. The number of methoxy groups -OCH3 is 2. The number of carbonyl (C=O) groups is 1. The van der Waals surface area contributed by atoms with Crippen LogP contribution in [0.5, 0.6) is 0 Å². The summed E-state index contributed by atoms with van der Waals surface area (Å²) >= 11 is 0. The number of carbonyl (C=O) groups excluding carboxylic acids is 1. The summed E-state index contributed by atoms with van der Waals surface area (Å²) in [4.78, 5) is 11.5. The van der Waals surface area contributed by atoms with E-state index in [-0.39, 0.29) is 11.4 Å². The molecule has 0 aromatic heterocycles. The molecule has 21 heavy (non-hydrogen) atoms. The first-order chi connectivity index (χ1) is 9.98. The molecule has 1 fully saturated rings. The van der Waals surface area contributed by atoms with Crippen LogP contribution in [-0.2, 0) is 27.2 Å². The van der Waals surface area contributed by atoms with Gasteiger partial charge < -0.3 is 14.8 Å². The maximum atomic E-state index is 11.5. The predicted octanol–water partition coefficient (Wildman–Crippen LogP) is 2.31. The van der Waals surface area contributed by atoms with Crippen molar-refractivity contribution >= 4 is 5.97 Å². The molecule has 0 bridgehead atoms. The van der Waals surface area contributed by atoms with Gasteiger partial charge >= 0.3 is 5.97 Å². The normalized spacial score (nSPS) is 23.4. The van der Waals surface area contributed by atoms with Crippen molar-refractivity contribution in [3.63, 3.8) is 0 Å². The first kappa shape index (κ1) is 16.0. The zero-order valence-corrected chi connectivity index (χ0v) is 13.3. The first-order valence-electron chi connectivity index (χ1n) is 7.38. The van der Waals surface area contributed by atoms with Gasteiger partial charge in [-0.1, -0.05) is 38.1 Å². The number of ether oxygens (including phenoxy) is 2. The molecule has 0 aliphatic heterocycles. The predicted molar refractivity (Wildman–Crippen MR) is 82.0 cm³/mol. The molecule has 116 valence electrons. The van der Waals surface area contributed by atoms with E-state index in [0.717, 1.165) is 24.1 Å². The average Bonchev–Trinajstić information content (AvgIpc) is 2.47. The summed E-state index contributed by atoms with van der Waals surface area (Å²) in [5, 5.41) is 3.59. The van der Waals surface area contributed by atoms with E-state index in [2.05, 4.69) is 25.2 Å². The quantitative estimate of drug-likeness (QED) is 0.817. The second-order valence-electron chi connectivity index (χ2n) is 6.24. The Kier molecular flexibility index (Phi) is 5.01. The number of rotatable bonds is 6. The molecule has 0 spiro atoms. The van der Waals surface area contributed by atoms with Crippen molar-refractivity contribution in [1.29, 1.82) is 0 Å². The molecule has 0 saturated heterocycles. The lowest BCUT2D eigenvalue weighted by atomic mass is 9.64. The minimum absolute atomic E-state index is 0.145. The monoisotopic (exact) mass is 291 g/mol. The molecule has 1 aromatic carbocycles. The molecule has 0 amide bonds. The van der Waals surface area contributed by atoms with Crippen LogP contribution in [-0.4, -0.2) is 32.3 Å². The Bertz CT molecular complexity index is 499. The third-order valence-corrected chi connectivity index (χ3v) is 4.68. The highest BCUT2D eigenvalue weighted by atomic mass is 16.5. The Morgan fingerprint density at radius 2 is 1.95 bits per heavy atom. The lowest BCUT2D eigenvalue weighted by Gasteiger charge is -2.51. The Balaban J connectivity index is 1.96. The van der Waals surface area contributed by atoms with E-state index in [1.807, 2.05) is 18.2 Å². The number of nitrogens with one attached hydrogen (secondary N) is 1. The van der Waals surface area contributed by atoms with Crippen molar-refractivity contribution in [2.24, 2.45) is 5.41 Å². The topological polar surface area (TPSA) is 47.6 Å². The fraction of sp³-hybridized carbons (Fsp3) is 0.588. The highest BCUT2D eigenvalue weighted by molar-refractivity contribution is 5.72. The van der Waals surface area contributed by atoms with Gasteiger partial charge in [0.15, 0.2) is 0 Å². The van der Waals surface area contributed by atoms with E-state index >= 15 is 0 Å². The van der Waals surface area contributed by atoms with Gasteiger partial charge in [-0.2, -0.15) is 0 Å². The van der Waals surface area contributed by atoms with Gasteiger partial charge in [-0.05, 0) is 17.5 Å². The van der Waals surface area contributed by atoms with Crippen LogP contribution >= 0.6 is 0 Å². The maximum absolute atomic E-state index is 11.5. The number of esters is 1. The van der Waals surface area contributed by atoms with Gasteiger partial charge in [-0.25, -0.2) is 0 Å². The fourth-order valence-corrected chi connectivity index (χ4v) is 3.00. The van der Waals surface area contributed by atoms with Gasteiger partial charge in [0, 0.05) is 25.1 Å². The van der Waals surface area contributed by atoms with Crippen LogP contribution in [0.2, 0.25) is 0 Å². The molecule has 1 N–H and O–H groups in total. The molecule has 1 aliphatic carbocycles. The maximum Gasteiger partial charge on any atom is 0.309 e. The van der Waals surface area contributed by atoms with E-state index in [1.54, 1.807) is 7.11 Å². The van der Waals surface area contributed by atoms with Gasteiger partial charge in [-0.15, -0.1) is 0 Å². The molecular formula is C17H25NO3. The Labute approximate surface area is 126 Å². The summed E-state index contributed by atoms with van der Waals surface area (Å²) in [5.74, 6) is -0.203. The second-order valence-corrected chi connectivity index (χ2v) is 6.24. The summed E-state index contributed by atoms with van der Waals surface area (Å²) in [6.45, 7) is 5.21. The zero-order chi connectivity index (χ0) is 15.5. The summed E-state index contributed by atoms with van der Waals surface area (Å²) in [5.41, 5.74) is 2.32. The molecule has 0 radical (unpaired) electrons. The molecular weight excluding hydrogens is 266 g/mol. The minimum atomic E-state index is -0.203. The largest absolute Gasteiger partial charge is 0.469 e. The van der Waals surface area contributed by atoms with Crippen LogP contribution in [0.25, 0.3) is 0 Å². The Morgan fingerprint density at radius 1 is 1.29 bits per heavy atom. The van der Waals surface area contributed by atoms with E-state index in [1.165, 1.54) is 7.11 Å². The second kappa shape index (κ2) is 6.58. The van der Waals surface area contributed by atoms with E-state index in [0.29, 0.717) is 18.6 Å². The SMILES string of the molecule is COC(=O)Cc1ccccc1CNC1CC(OC)C1(C)C. The molecule has 1 saturated carbocycles. The standard InChI is InChI=1S/C17H25NO3/c1-17(2)14(10-15(17)20-3)18-11-13-8-6-5-7-12(13)9-16(19)21-4/h5-8,14-15,18H,9-11H2,1-4H3. The highest BCUT2D eigenvalue weighted by Gasteiger charge is 2.48. The third kappa shape index (κ3) is 3.44. The molecule has 2 atom stereocenters. The van der Waals surface area contributed by atoms with Crippen molar-refractivity contribution in [2.75, 3.05) is 14.2 Å². The van der Waals surface area contributed by atoms with Gasteiger partial charge in [0.2, 0.25) is 0 Å². The summed E-state index contributed by atoms with van der Waals surface area (Å²) in [6.07, 6.45) is 1.67. The zero-order valence-electron chi connectivity index (χ0n) is 13.3. The summed E-state index contributed by atoms with van der Waals surface area (Å²) in [7, 11) is 3.19. The molecule has 4 nitrogen and oxygen atoms in total. The van der Waals surface area contributed by atoms with Gasteiger partial charge in [0.25, 0.3) is 0 Å². The van der Waals surface area contributed by atoms with Gasteiger partial charge in [-0.3, -0.25) is 4.79 Å². The highest BCUT2D eigenvalue weighted by Crippen LogP contribution is 2.42. The molecule has 1 aromatic rings. The molecule has 0 heterocycles. The summed E-state index contributed by atoms with van der Waals surface area (Å²) < 4.78 is 10.2. The Hall–Kier alpha value is -1.39. The van der Waals surface area contributed by atoms with Crippen LogP contribution in [0.4, 0.5) is 0 Å². The van der Waals surface area contributed by atoms with Crippen LogP contribution in [0, 0.1) is 5.41 Å². The van der Waals surface area contributed by atoms with Crippen molar-refractivity contribution in [3.05, 3.63) is 35.4 Å². The van der Waals surface area contributed by atoms with Crippen molar-refractivity contribution < 1.29 is 14.3 Å². The van der Waals surface area contributed by atoms with Crippen LogP contribution in [0.1, 0.15) is 31.4 Å². The number of hydrogen-bond donors (Lipinski definition) is 1. The van der Waals surface area contributed by atoms with Crippen molar-refractivity contribution in [1.82, 2.24) is 5.32 Å². The molecule has 2 unspecified atom stereocenters. The Morgan fingerprint density at radius 3 is 2.52 bits per heavy atom. The lowest BCUT2D eigenvalue weighted by molar-refractivity contribution is -0.139.